The Kier molecular flexibility index (Phi) is 5.46. The van der Waals surface area contributed by atoms with Crippen LogP contribution in [0.4, 0.5) is 0 Å². The molecule has 3 atom stereocenters. The molecule has 0 aliphatic heterocycles. The highest BCUT2D eigenvalue weighted by molar-refractivity contribution is 4.89. The molecule has 0 aromatic carbocycles. The van der Waals surface area contributed by atoms with E-state index in [1.807, 2.05) is 0 Å². The van der Waals surface area contributed by atoms with Gasteiger partial charge in [0.05, 0.1) is 0 Å². The van der Waals surface area contributed by atoms with Crippen molar-refractivity contribution >= 4 is 0 Å². The zero-order chi connectivity index (χ0) is 13.1. The van der Waals surface area contributed by atoms with E-state index >= 15 is 0 Å². The van der Waals surface area contributed by atoms with E-state index in [1.54, 1.807) is 0 Å². The first-order chi connectivity index (χ1) is 7.86. The summed E-state index contributed by atoms with van der Waals surface area (Å²) in [7, 11) is 0. The zero-order valence-electron chi connectivity index (χ0n) is 12.3. The van der Waals surface area contributed by atoms with Crippen LogP contribution in [0.2, 0.25) is 0 Å². The van der Waals surface area contributed by atoms with E-state index in [1.165, 1.54) is 19.3 Å². The molecule has 2 N–H and O–H groups in total. The number of hydrogen-bond donors (Lipinski definition) is 2. The van der Waals surface area contributed by atoms with Crippen LogP contribution in [0.1, 0.15) is 60.3 Å². The molecule has 2 heteroatoms. The number of aliphatic hydroxyl groups is 1. The van der Waals surface area contributed by atoms with Crippen molar-refractivity contribution in [2.45, 2.75) is 72.4 Å². The van der Waals surface area contributed by atoms with E-state index in [0.717, 1.165) is 18.3 Å². The lowest BCUT2D eigenvalue weighted by atomic mass is 9.76. The third-order valence-corrected chi connectivity index (χ3v) is 4.40. The van der Waals surface area contributed by atoms with E-state index in [4.69, 9.17) is 0 Å². The average molecular weight is 241 g/mol. The summed E-state index contributed by atoms with van der Waals surface area (Å²) in [6.07, 6.45) is 4.93. The number of aliphatic hydroxyl groups excluding tert-OH is 1. The Morgan fingerprint density at radius 2 is 1.71 bits per heavy atom. The first-order valence-electron chi connectivity index (χ1n) is 7.23. The van der Waals surface area contributed by atoms with Crippen LogP contribution >= 0.6 is 0 Å². The highest BCUT2D eigenvalue weighted by atomic mass is 16.3. The van der Waals surface area contributed by atoms with E-state index in [2.05, 4.69) is 39.9 Å². The maximum Gasteiger partial charge on any atom is 0.0446 e. The van der Waals surface area contributed by atoms with Crippen LogP contribution in [0, 0.1) is 17.3 Å². The summed E-state index contributed by atoms with van der Waals surface area (Å²) in [5, 5.41) is 13.1. The van der Waals surface area contributed by atoms with Crippen molar-refractivity contribution in [3.8, 4) is 0 Å². The Bertz CT molecular complexity index is 211. The fourth-order valence-corrected chi connectivity index (χ4v) is 3.14. The summed E-state index contributed by atoms with van der Waals surface area (Å²) in [6.45, 7) is 11.8. The molecule has 1 aliphatic rings. The van der Waals surface area contributed by atoms with Gasteiger partial charge in [-0.15, -0.1) is 0 Å². The fourth-order valence-electron chi connectivity index (χ4n) is 3.14. The SMILES string of the molecule is CC1CCCC(C)C1NC(CCO)C(C)(C)C. The van der Waals surface area contributed by atoms with Gasteiger partial charge in [-0.25, -0.2) is 0 Å². The summed E-state index contributed by atoms with van der Waals surface area (Å²) >= 11 is 0. The second kappa shape index (κ2) is 6.19. The van der Waals surface area contributed by atoms with Crippen molar-refractivity contribution in [2.24, 2.45) is 17.3 Å². The Morgan fingerprint density at radius 1 is 1.18 bits per heavy atom. The predicted molar refractivity (Wildman–Crippen MR) is 74.0 cm³/mol. The Morgan fingerprint density at radius 3 is 2.12 bits per heavy atom. The smallest absolute Gasteiger partial charge is 0.0446 e. The Balaban J connectivity index is 2.64. The predicted octanol–water partition coefficient (Wildman–Crippen LogP) is 3.20. The first-order valence-corrected chi connectivity index (χ1v) is 7.23. The lowest BCUT2D eigenvalue weighted by Gasteiger charge is -2.41. The van der Waals surface area contributed by atoms with E-state index in [0.29, 0.717) is 12.1 Å². The van der Waals surface area contributed by atoms with Gasteiger partial charge in [-0.2, -0.15) is 0 Å². The molecule has 0 aromatic rings. The monoisotopic (exact) mass is 241 g/mol. The van der Waals surface area contributed by atoms with E-state index in [9.17, 15) is 5.11 Å². The second-order valence-electron chi connectivity index (χ2n) is 7.01. The number of hydrogen-bond acceptors (Lipinski definition) is 2. The minimum absolute atomic E-state index is 0.222. The number of rotatable bonds is 4. The fraction of sp³-hybridized carbons (Fsp3) is 1.00. The van der Waals surface area contributed by atoms with Gasteiger partial charge in [-0.3, -0.25) is 0 Å². The minimum Gasteiger partial charge on any atom is -0.396 e. The average Bonchev–Trinajstić information content (AvgIpc) is 2.20. The molecule has 102 valence electrons. The van der Waals surface area contributed by atoms with Crippen molar-refractivity contribution in [3.05, 3.63) is 0 Å². The summed E-state index contributed by atoms with van der Waals surface area (Å²) in [4.78, 5) is 0. The summed E-state index contributed by atoms with van der Waals surface area (Å²) in [6, 6.07) is 1.04. The molecular formula is C15H31NO. The van der Waals surface area contributed by atoms with Gasteiger partial charge in [-0.05, 0) is 36.5 Å². The summed E-state index contributed by atoms with van der Waals surface area (Å²) in [5.74, 6) is 1.53. The maximum absolute atomic E-state index is 9.22. The highest BCUT2D eigenvalue weighted by Gasteiger charge is 2.32. The van der Waals surface area contributed by atoms with Crippen LogP contribution in [0.15, 0.2) is 0 Å². The molecule has 1 rings (SSSR count). The molecule has 1 saturated carbocycles. The van der Waals surface area contributed by atoms with Gasteiger partial charge in [0, 0.05) is 18.7 Å². The molecule has 1 fully saturated rings. The third kappa shape index (κ3) is 4.26. The molecular weight excluding hydrogens is 210 g/mol. The largest absolute Gasteiger partial charge is 0.396 e. The minimum atomic E-state index is 0.222. The molecule has 0 aromatic heterocycles. The van der Waals surface area contributed by atoms with Crippen molar-refractivity contribution in [3.63, 3.8) is 0 Å². The Labute approximate surface area is 107 Å². The van der Waals surface area contributed by atoms with Crippen LogP contribution in [-0.4, -0.2) is 23.8 Å². The van der Waals surface area contributed by atoms with Crippen molar-refractivity contribution in [1.29, 1.82) is 0 Å². The van der Waals surface area contributed by atoms with Gasteiger partial charge in [0.1, 0.15) is 0 Å². The molecule has 2 nitrogen and oxygen atoms in total. The van der Waals surface area contributed by atoms with Crippen LogP contribution in [-0.2, 0) is 0 Å². The first kappa shape index (κ1) is 15.0. The summed E-state index contributed by atoms with van der Waals surface area (Å²) < 4.78 is 0. The molecule has 0 heterocycles. The molecule has 0 radical (unpaired) electrons. The standard InChI is InChI=1S/C15H31NO/c1-11-7-6-8-12(2)14(11)16-13(9-10-17)15(3,4)5/h11-14,16-17H,6-10H2,1-5H3. The Hall–Kier alpha value is -0.0800. The van der Waals surface area contributed by atoms with E-state index in [-0.39, 0.29) is 12.0 Å². The van der Waals surface area contributed by atoms with E-state index < -0.39 is 0 Å². The van der Waals surface area contributed by atoms with Gasteiger partial charge in [0.2, 0.25) is 0 Å². The quantitative estimate of drug-likeness (QED) is 0.792. The molecule has 0 spiro atoms. The molecule has 17 heavy (non-hydrogen) atoms. The number of nitrogens with one attached hydrogen (secondary N) is 1. The summed E-state index contributed by atoms with van der Waals surface area (Å²) in [5.41, 5.74) is 0.222. The zero-order valence-corrected chi connectivity index (χ0v) is 12.3. The second-order valence-corrected chi connectivity index (χ2v) is 7.01. The van der Waals surface area contributed by atoms with Gasteiger partial charge in [0.15, 0.2) is 0 Å². The molecule has 0 saturated heterocycles. The van der Waals surface area contributed by atoms with Gasteiger partial charge in [0.25, 0.3) is 0 Å². The highest BCUT2D eigenvalue weighted by Crippen LogP contribution is 2.31. The molecule has 3 unspecified atom stereocenters. The van der Waals surface area contributed by atoms with Crippen LogP contribution in [0.5, 0.6) is 0 Å². The van der Waals surface area contributed by atoms with Crippen LogP contribution in [0.25, 0.3) is 0 Å². The normalized spacial score (nSPS) is 32.5. The topological polar surface area (TPSA) is 32.3 Å². The third-order valence-electron chi connectivity index (χ3n) is 4.40. The van der Waals surface area contributed by atoms with Gasteiger partial charge in [-0.1, -0.05) is 41.0 Å². The lowest BCUT2D eigenvalue weighted by molar-refractivity contribution is 0.131. The molecule has 1 aliphatic carbocycles. The van der Waals surface area contributed by atoms with Gasteiger partial charge < -0.3 is 10.4 Å². The van der Waals surface area contributed by atoms with Crippen molar-refractivity contribution in [1.82, 2.24) is 5.32 Å². The molecule has 0 bridgehead atoms. The van der Waals surface area contributed by atoms with Gasteiger partial charge >= 0.3 is 0 Å². The maximum atomic E-state index is 9.22. The lowest BCUT2D eigenvalue weighted by Crippen LogP contribution is -2.52. The van der Waals surface area contributed by atoms with Crippen LogP contribution < -0.4 is 5.32 Å². The van der Waals surface area contributed by atoms with Crippen molar-refractivity contribution in [2.75, 3.05) is 6.61 Å². The van der Waals surface area contributed by atoms with Crippen LogP contribution in [0.3, 0.4) is 0 Å². The van der Waals surface area contributed by atoms with Crippen molar-refractivity contribution < 1.29 is 5.11 Å². The molecule has 0 amide bonds.